The fraction of sp³-hybridized carbons (Fsp3) is 0.586. The SMILES string of the molecule is CC(=O)N1CCN(c2nc(NC(C)c3ccc4c(c3)CCC(C)(C)O4)c3c(n2)[C@H](C=O)N(C(C)C)C3)CC1. The number of fused-ring (bicyclic) bond motifs is 2. The third-order valence-electron chi connectivity index (χ3n) is 8.13. The molecule has 0 aliphatic carbocycles. The molecule has 2 aromatic rings. The van der Waals surface area contributed by atoms with Gasteiger partial charge in [0.15, 0.2) is 0 Å². The summed E-state index contributed by atoms with van der Waals surface area (Å²) >= 11 is 0. The molecule has 9 nitrogen and oxygen atoms in total. The Kier molecular flexibility index (Phi) is 7.07. The Bertz CT molecular complexity index is 1220. The lowest BCUT2D eigenvalue weighted by molar-refractivity contribution is -0.129. The molecule has 4 heterocycles. The number of nitrogens with one attached hydrogen (secondary N) is 1. The monoisotopic (exact) mass is 520 g/mol. The van der Waals surface area contributed by atoms with Gasteiger partial charge in [-0.3, -0.25) is 9.69 Å². The van der Waals surface area contributed by atoms with Crippen molar-refractivity contribution in [2.75, 3.05) is 36.4 Å². The van der Waals surface area contributed by atoms with Crippen LogP contribution in [0.3, 0.4) is 0 Å². The quantitative estimate of drug-likeness (QED) is 0.574. The Balaban J connectivity index is 1.45. The third-order valence-corrected chi connectivity index (χ3v) is 8.13. The highest BCUT2D eigenvalue weighted by molar-refractivity contribution is 5.73. The van der Waals surface area contributed by atoms with Gasteiger partial charge in [-0.15, -0.1) is 0 Å². The molecule has 1 aromatic heterocycles. The molecule has 1 saturated heterocycles. The van der Waals surface area contributed by atoms with Crippen LogP contribution in [0.1, 0.15) is 82.4 Å². The molecular formula is C29H40N6O3. The highest BCUT2D eigenvalue weighted by atomic mass is 16.5. The first-order chi connectivity index (χ1) is 18.1. The normalized spacial score (nSPS) is 21.5. The van der Waals surface area contributed by atoms with Crippen molar-refractivity contribution < 1.29 is 14.3 Å². The molecule has 1 unspecified atom stereocenters. The first kappa shape index (κ1) is 26.4. The summed E-state index contributed by atoms with van der Waals surface area (Å²) in [4.78, 5) is 40.1. The zero-order valence-electron chi connectivity index (χ0n) is 23.5. The first-order valence-corrected chi connectivity index (χ1v) is 13.8. The minimum atomic E-state index is -0.398. The van der Waals surface area contributed by atoms with Gasteiger partial charge in [0.25, 0.3) is 0 Å². The molecule has 1 aromatic carbocycles. The van der Waals surface area contributed by atoms with Gasteiger partial charge in [0, 0.05) is 57.3 Å². The summed E-state index contributed by atoms with van der Waals surface area (Å²) in [6.07, 6.45) is 2.98. The van der Waals surface area contributed by atoms with E-state index in [1.165, 1.54) is 11.1 Å². The van der Waals surface area contributed by atoms with Crippen LogP contribution in [0.2, 0.25) is 0 Å². The smallest absolute Gasteiger partial charge is 0.227 e. The number of aryl methyl sites for hydroxylation is 1. The van der Waals surface area contributed by atoms with Gasteiger partial charge >= 0.3 is 0 Å². The number of hydrogen-bond acceptors (Lipinski definition) is 8. The van der Waals surface area contributed by atoms with Crippen LogP contribution < -0.4 is 15.0 Å². The van der Waals surface area contributed by atoms with E-state index >= 15 is 0 Å². The molecule has 204 valence electrons. The van der Waals surface area contributed by atoms with Crippen molar-refractivity contribution >= 4 is 24.0 Å². The largest absolute Gasteiger partial charge is 0.488 e. The molecule has 0 saturated carbocycles. The molecule has 0 bridgehead atoms. The van der Waals surface area contributed by atoms with Crippen LogP contribution in [0.25, 0.3) is 0 Å². The lowest BCUT2D eigenvalue weighted by atomic mass is 9.92. The Morgan fingerprint density at radius 3 is 2.55 bits per heavy atom. The summed E-state index contributed by atoms with van der Waals surface area (Å²) in [5.41, 5.74) is 4.03. The average Bonchev–Trinajstić information content (AvgIpc) is 3.27. The number of aldehydes is 1. The van der Waals surface area contributed by atoms with E-state index < -0.39 is 6.04 Å². The Hall–Kier alpha value is -3.20. The molecule has 1 N–H and O–H groups in total. The standard InChI is InChI=1S/C29H40N6O3/c1-18(2)35-16-23-26(24(35)17-36)31-28(34-13-11-33(12-14-34)20(4)37)32-27(23)30-19(3)21-7-8-25-22(15-21)9-10-29(5,6)38-25/h7-8,15,17-19,24H,9-14,16H2,1-6H3,(H,30,31,32)/t19?,24-/m0/s1. The number of amides is 1. The van der Waals surface area contributed by atoms with Gasteiger partial charge in [0.1, 0.15) is 29.5 Å². The van der Waals surface area contributed by atoms with Gasteiger partial charge in [-0.2, -0.15) is 4.98 Å². The van der Waals surface area contributed by atoms with Crippen LogP contribution in [0.15, 0.2) is 18.2 Å². The van der Waals surface area contributed by atoms with Crippen LogP contribution in [0, 0.1) is 0 Å². The molecule has 5 rings (SSSR count). The Morgan fingerprint density at radius 1 is 1.16 bits per heavy atom. The zero-order valence-corrected chi connectivity index (χ0v) is 23.5. The molecular weight excluding hydrogens is 480 g/mol. The van der Waals surface area contributed by atoms with Gasteiger partial charge in [0.05, 0.1) is 5.69 Å². The number of carbonyl (C=O) groups is 2. The van der Waals surface area contributed by atoms with E-state index in [-0.39, 0.29) is 23.6 Å². The molecule has 0 radical (unpaired) electrons. The molecule has 2 atom stereocenters. The summed E-state index contributed by atoms with van der Waals surface area (Å²) in [6.45, 7) is 15.4. The number of anilines is 2. The lowest BCUT2D eigenvalue weighted by Gasteiger charge is -2.34. The van der Waals surface area contributed by atoms with Crippen LogP contribution in [0.4, 0.5) is 11.8 Å². The Morgan fingerprint density at radius 2 is 1.89 bits per heavy atom. The van der Waals surface area contributed by atoms with Crippen molar-refractivity contribution in [3.05, 3.63) is 40.6 Å². The van der Waals surface area contributed by atoms with Crippen molar-refractivity contribution in [1.82, 2.24) is 19.8 Å². The second-order valence-electron chi connectivity index (χ2n) is 11.7. The number of aromatic nitrogens is 2. The number of nitrogens with zero attached hydrogens (tertiary/aromatic N) is 5. The maximum atomic E-state index is 12.2. The first-order valence-electron chi connectivity index (χ1n) is 13.8. The maximum absolute atomic E-state index is 12.2. The molecule has 1 fully saturated rings. The molecule has 38 heavy (non-hydrogen) atoms. The fourth-order valence-electron chi connectivity index (χ4n) is 5.69. The number of hydrogen-bond donors (Lipinski definition) is 1. The molecule has 9 heteroatoms. The lowest BCUT2D eigenvalue weighted by Crippen LogP contribution is -2.48. The molecule has 3 aliphatic rings. The average molecular weight is 521 g/mol. The minimum absolute atomic E-state index is 0.000530. The van der Waals surface area contributed by atoms with Gasteiger partial charge in [-0.25, -0.2) is 4.98 Å². The van der Waals surface area contributed by atoms with Gasteiger partial charge in [-0.1, -0.05) is 12.1 Å². The van der Waals surface area contributed by atoms with E-state index in [1.807, 2.05) is 4.90 Å². The van der Waals surface area contributed by atoms with Crippen molar-refractivity contribution in [2.45, 2.75) is 84.7 Å². The Labute approximate surface area is 225 Å². The second kappa shape index (κ2) is 10.2. The van der Waals surface area contributed by atoms with Crippen LogP contribution in [0.5, 0.6) is 5.75 Å². The predicted molar refractivity (Wildman–Crippen MR) is 147 cm³/mol. The van der Waals surface area contributed by atoms with E-state index in [0.717, 1.165) is 42.0 Å². The topological polar surface area (TPSA) is 90.9 Å². The number of benzene rings is 1. The van der Waals surface area contributed by atoms with E-state index in [0.29, 0.717) is 38.7 Å². The van der Waals surface area contributed by atoms with Crippen LogP contribution in [-0.4, -0.2) is 69.8 Å². The highest BCUT2D eigenvalue weighted by Gasteiger charge is 2.37. The van der Waals surface area contributed by atoms with Crippen LogP contribution >= 0.6 is 0 Å². The number of rotatable bonds is 6. The summed E-state index contributed by atoms with van der Waals surface area (Å²) in [5.74, 6) is 2.44. The summed E-state index contributed by atoms with van der Waals surface area (Å²) in [5, 5.41) is 3.67. The number of ether oxygens (including phenoxy) is 1. The predicted octanol–water partition coefficient (Wildman–Crippen LogP) is 3.89. The molecule has 0 spiro atoms. The van der Waals surface area contributed by atoms with Crippen LogP contribution in [-0.2, 0) is 22.6 Å². The van der Waals surface area contributed by atoms with Crippen molar-refractivity contribution in [2.24, 2.45) is 0 Å². The van der Waals surface area contributed by atoms with Crippen molar-refractivity contribution in [3.63, 3.8) is 0 Å². The summed E-state index contributed by atoms with van der Waals surface area (Å²) in [7, 11) is 0. The van der Waals surface area contributed by atoms with E-state index in [2.05, 4.69) is 67.9 Å². The molecule has 3 aliphatic heterocycles. The van der Waals surface area contributed by atoms with Crippen molar-refractivity contribution in [1.29, 1.82) is 0 Å². The van der Waals surface area contributed by atoms with E-state index in [4.69, 9.17) is 14.7 Å². The maximum Gasteiger partial charge on any atom is 0.227 e. The summed E-state index contributed by atoms with van der Waals surface area (Å²) in [6, 6.07) is 6.23. The highest BCUT2D eigenvalue weighted by Crippen LogP contribution is 2.39. The fourth-order valence-corrected chi connectivity index (χ4v) is 5.69. The summed E-state index contributed by atoms with van der Waals surface area (Å²) < 4.78 is 6.19. The zero-order chi connectivity index (χ0) is 27.2. The third kappa shape index (κ3) is 5.08. The second-order valence-corrected chi connectivity index (χ2v) is 11.7. The van der Waals surface area contributed by atoms with E-state index in [9.17, 15) is 9.59 Å². The van der Waals surface area contributed by atoms with Crippen molar-refractivity contribution in [3.8, 4) is 5.75 Å². The number of piperazine rings is 1. The van der Waals surface area contributed by atoms with Gasteiger partial charge in [0.2, 0.25) is 11.9 Å². The molecule has 1 amide bonds. The minimum Gasteiger partial charge on any atom is -0.488 e. The van der Waals surface area contributed by atoms with Gasteiger partial charge < -0.3 is 24.6 Å². The number of carbonyl (C=O) groups excluding carboxylic acids is 2. The van der Waals surface area contributed by atoms with Gasteiger partial charge in [-0.05, 0) is 64.7 Å². The van der Waals surface area contributed by atoms with E-state index in [1.54, 1.807) is 6.92 Å².